The predicted octanol–water partition coefficient (Wildman–Crippen LogP) is 2.41. The number of hydrogen-bond donors (Lipinski definition) is 2. The number of benzene rings is 1. The summed E-state index contributed by atoms with van der Waals surface area (Å²) in [7, 11) is 0. The molecule has 0 unspecified atom stereocenters. The predicted molar refractivity (Wildman–Crippen MR) is 91.0 cm³/mol. The summed E-state index contributed by atoms with van der Waals surface area (Å²) in [4.78, 5) is 29.9. The molecule has 1 fully saturated rings. The molecule has 2 N–H and O–H groups in total. The molecule has 1 aliphatic heterocycles. The summed E-state index contributed by atoms with van der Waals surface area (Å²) < 4.78 is 13.4. The third-order valence-electron chi connectivity index (χ3n) is 4.82. The highest BCUT2D eigenvalue weighted by Crippen LogP contribution is 2.26. The summed E-state index contributed by atoms with van der Waals surface area (Å²) in [5.74, 6) is -0.464. The molecule has 1 aliphatic rings. The minimum Gasteiger partial charge on any atom is -0.360 e. The van der Waals surface area contributed by atoms with Crippen LogP contribution >= 0.6 is 0 Å². The third kappa shape index (κ3) is 2.82. The van der Waals surface area contributed by atoms with Gasteiger partial charge in [0.2, 0.25) is 5.43 Å². The first-order chi connectivity index (χ1) is 12.1. The molecule has 0 bridgehead atoms. The monoisotopic (exact) mass is 340 g/mol. The minimum absolute atomic E-state index is 0.0538. The van der Waals surface area contributed by atoms with E-state index < -0.39 is 11.2 Å². The number of aromatic amines is 2. The fourth-order valence-corrected chi connectivity index (χ4v) is 3.41. The van der Waals surface area contributed by atoms with E-state index in [2.05, 4.69) is 15.2 Å². The van der Waals surface area contributed by atoms with Crippen LogP contribution in [0.4, 0.5) is 4.39 Å². The van der Waals surface area contributed by atoms with E-state index in [1.165, 1.54) is 18.3 Å². The Bertz CT molecular complexity index is 972. The Morgan fingerprint density at radius 3 is 2.76 bits per heavy atom. The maximum absolute atomic E-state index is 13.4. The second-order valence-electron chi connectivity index (χ2n) is 6.30. The quantitative estimate of drug-likeness (QED) is 0.752. The van der Waals surface area contributed by atoms with Gasteiger partial charge in [0.05, 0.1) is 0 Å². The zero-order valence-electron chi connectivity index (χ0n) is 13.5. The zero-order valence-corrected chi connectivity index (χ0v) is 13.5. The molecule has 2 aromatic heterocycles. The van der Waals surface area contributed by atoms with Crippen molar-refractivity contribution in [3.05, 3.63) is 64.0 Å². The number of likely N-dealkylation sites (tertiary alicyclic amines) is 1. The number of rotatable bonds is 2. The molecular weight excluding hydrogens is 323 g/mol. The smallest absolute Gasteiger partial charge is 0.259 e. The Kier molecular flexibility index (Phi) is 3.83. The molecule has 3 heterocycles. The summed E-state index contributed by atoms with van der Waals surface area (Å²) in [6.45, 7) is 1.15. The number of amides is 1. The number of nitrogens with one attached hydrogen (secondary N) is 2. The number of piperidine rings is 1. The molecule has 1 saturated heterocycles. The van der Waals surface area contributed by atoms with Gasteiger partial charge in [-0.1, -0.05) is 0 Å². The van der Waals surface area contributed by atoms with Crippen LogP contribution in [0.2, 0.25) is 0 Å². The van der Waals surface area contributed by atoms with Gasteiger partial charge in [-0.25, -0.2) is 4.39 Å². The van der Waals surface area contributed by atoms with Crippen LogP contribution in [-0.4, -0.2) is 39.1 Å². The molecule has 0 saturated carbocycles. The van der Waals surface area contributed by atoms with Crippen LogP contribution in [-0.2, 0) is 0 Å². The average molecular weight is 340 g/mol. The molecule has 0 radical (unpaired) electrons. The highest BCUT2D eigenvalue weighted by atomic mass is 19.1. The normalized spacial score (nSPS) is 15.6. The lowest BCUT2D eigenvalue weighted by Gasteiger charge is -2.31. The summed E-state index contributed by atoms with van der Waals surface area (Å²) in [6.07, 6.45) is 4.77. The van der Waals surface area contributed by atoms with Gasteiger partial charge in [-0.05, 0) is 37.1 Å². The minimum atomic E-state index is -0.497. The first-order valence-corrected chi connectivity index (χ1v) is 8.23. The van der Waals surface area contributed by atoms with Crippen LogP contribution in [0.1, 0.15) is 34.8 Å². The maximum atomic E-state index is 13.4. The topological polar surface area (TPSA) is 81.8 Å². The summed E-state index contributed by atoms with van der Waals surface area (Å²) >= 11 is 0. The summed E-state index contributed by atoms with van der Waals surface area (Å²) in [5.41, 5.74) is 1.21. The number of hydrogen-bond acceptors (Lipinski definition) is 3. The molecule has 25 heavy (non-hydrogen) atoms. The Labute approximate surface area is 142 Å². The van der Waals surface area contributed by atoms with E-state index in [9.17, 15) is 14.0 Å². The van der Waals surface area contributed by atoms with Gasteiger partial charge < -0.3 is 9.88 Å². The molecule has 0 atom stereocenters. The second-order valence-corrected chi connectivity index (χ2v) is 6.30. The zero-order chi connectivity index (χ0) is 17.4. The number of pyridine rings is 1. The lowest BCUT2D eigenvalue weighted by molar-refractivity contribution is 0.0710. The summed E-state index contributed by atoms with van der Waals surface area (Å²) in [6, 6.07) is 5.89. The lowest BCUT2D eigenvalue weighted by atomic mass is 9.93. The molecule has 7 heteroatoms. The molecule has 6 nitrogen and oxygen atoms in total. The fourth-order valence-electron chi connectivity index (χ4n) is 3.41. The molecule has 1 amide bonds. The Morgan fingerprint density at radius 2 is 2.04 bits per heavy atom. The van der Waals surface area contributed by atoms with Gasteiger partial charge in [0.1, 0.15) is 11.4 Å². The highest BCUT2D eigenvalue weighted by Gasteiger charge is 2.26. The van der Waals surface area contributed by atoms with Gasteiger partial charge in [-0.2, -0.15) is 5.10 Å². The van der Waals surface area contributed by atoms with Crippen LogP contribution in [0.3, 0.4) is 0 Å². The van der Waals surface area contributed by atoms with Gasteiger partial charge in [0, 0.05) is 48.0 Å². The first kappa shape index (κ1) is 15.6. The Balaban J connectivity index is 1.56. The molecule has 1 aromatic carbocycles. The Hall–Kier alpha value is -2.96. The van der Waals surface area contributed by atoms with Crippen molar-refractivity contribution in [2.45, 2.75) is 18.8 Å². The van der Waals surface area contributed by atoms with E-state index in [0.717, 1.165) is 24.6 Å². The molecule has 0 spiro atoms. The lowest BCUT2D eigenvalue weighted by Crippen LogP contribution is -2.40. The number of halogens is 1. The van der Waals surface area contributed by atoms with Gasteiger partial charge >= 0.3 is 0 Å². The maximum Gasteiger partial charge on any atom is 0.259 e. The molecule has 128 valence electrons. The SMILES string of the molecule is O=C(c1c[nH]c2ccc(F)cc2c1=O)N1CCC(c2ccn[nH]2)CC1. The van der Waals surface area contributed by atoms with E-state index in [1.54, 1.807) is 11.1 Å². The number of fused-ring (bicyclic) bond motifs is 1. The molecule has 0 aliphatic carbocycles. The van der Waals surface area contributed by atoms with E-state index in [-0.39, 0.29) is 16.9 Å². The number of carbonyl (C=O) groups is 1. The highest BCUT2D eigenvalue weighted by molar-refractivity contribution is 5.97. The van der Waals surface area contributed by atoms with Crippen molar-refractivity contribution in [1.82, 2.24) is 20.1 Å². The van der Waals surface area contributed by atoms with Gasteiger partial charge in [-0.3, -0.25) is 14.7 Å². The fraction of sp³-hybridized carbons (Fsp3) is 0.278. The van der Waals surface area contributed by atoms with Crippen LogP contribution in [0.5, 0.6) is 0 Å². The molecule has 4 rings (SSSR count). The molecular formula is C18H17FN4O2. The van der Waals surface area contributed by atoms with Crippen LogP contribution in [0.15, 0.2) is 41.5 Å². The van der Waals surface area contributed by atoms with Crippen molar-refractivity contribution in [3.8, 4) is 0 Å². The summed E-state index contributed by atoms with van der Waals surface area (Å²) in [5, 5.41) is 7.13. The third-order valence-corrected chi connectivity index (χ3v) is 4.82. The van der Waals surface area contributed by atoms with Crippen LogP contribution < -0.4 is 5.43 Å². The van der Waals surface area contributed by atoms with E-state index in [0.29, 0.717) is 24.5 Å². The average Bonchev–Trinajstić information content (AvgIpc) is 3.17. The van der Waals surface area contributed by atoms with Crippen molar-refractivity contribution in [3.63, 3.8) is 0 Å². The van der Waals surface area contributed by atoms with Crippen molar-refractivity contribution in [2.24, 2.45) is 0 Å². The number of nitrogens with zero attached hydrogens (tertiary/aromatic N) is 2. The van der Waals surface area contributed by atoms with Crippen molar-refractivity contribution < 1.29 is 9.18 Å². The van der Waals surface area contributed by atoms with E-state index >= 15 is 0 Å². The van der Waals surface area contributed by atoms with Gasteiger partial charge in [0.25, 0.3) is 5.91 Å². The number of carbonyl (C=O) groups excluding carboxylic acids is 1. The standard InChI is InChI=1S/C18H17FN4O2/c19-12-1-2-16-13(9-12)17(24)14(10-20-16)18(25)23-7-4-11(5-8-23)15-3-6-21-22-15/h1-3,6,9-11H,4-5,7-8H2,(H,20,24)(H,21,22). The second kappa shape index (κ2) is 6.16. The van der Waals surface area contributed by atoms with Crippen molar-refractivity contribution in [2.75, 3.05) is 13.1 Å². The van der Waals surface area contributed by atoms with E-state index in [4.69, 9.17) is 0 Å². The van der Waals surface area contributed by atoms with E-state index in [1.807, 2.05) is 6.07 Å². The van der Waals surface area contributed by atoms with Gasteiger partial charge in [0.15, 0.2) is 0 Å². The van der Waals surface area contributed by atoms with Gasteiger partial charge in [-0.15, -0.1) is 0 Å². The number of H-pyrrole nitrogens is 2. The molecule has 3 aromatic rings. The van der Waals surface area contributed by atoms with Crippen molar-refractivity contribution >= 4 is 16.8 Å². The first-order valence-electron chi connectivity index (χ1n) is 8.23. The van der Waals surface area contributed by atoms with Crippen LogP contribution in [0, 0.1) is 5.82 Å². The largest absolute Gasteiger partial charge is 0.360 e. The van der Waals surface area contributed by atoms with Crippen LogP contribution in [0.25, 0.3) is 10.9 Å². The number of aromatic nitrogens is 3. The van der Waals surface area contributed by atoms with Crippen molar-refractivity contribution in [1.29, 1.82) is 0 Å². The Morgan fingerprint density at radius 1 is 1.24 bits per heavy atom.